The number of nitrogens with zero attached hydrogens (tertiary/aromatic N) is 1. The molecule has 0 aliphatic carbocycles. The molecule has 1 aliphatic rings. The lowest BCUT2D eigenvalue weighted by Crippen LogP contribution is -2.46. The fraction of sp³-hybridized carbons (Fsp3) is 0.350. The molecule has 0 spiro atoms. The Morgan fingerprint density at radius 1 is 1.30 bits per heavy atom. The van der Waals surface area contributed by atoms with Crippen molar-refractivity contribution in [2.45, 2.75) is 12.6 Å². The number of morpholine rings is 1. The first-order chi connectivity index (χ1) is 13.1. The van der Waals surface area contributed by atoms with Crippen LogP contribution < -0.4 is 10.1 Å². The zero-order chi connectivity index (χ0) is 19.2. The topological polar surface area (TPSA) is 50.8 Å². The van der Waals surface area contributed by atoms with E-state index in [1.54, 1.807) is 25.3 Å². The summed E-state index contributed by atoms with van der Waals surface area (Å²) in [4.78, 5) is 14.9. The van der Waals surface area contributed by atoms with Gasteiger partial charge in [-0.3, -0.25) is 9.69 Å². The van der Waals surface area contributed by atoms with Crippen LogP contribution in [0.4, 0.5) is 4.39 Å². The molecule has 0 radical (unpaired) electrons. The Morgan fingerprint density at radius 2 is 2.04 bits per heavy atom. The Hall–Kier alpha value is -1.96. The molecule has 1 atom stereocenters. The van der Waals surface area contributed by atoms with Crippen molar-refractivity contribution in [1.29, 1.82) is 0 Å². The van der Waals surface area contributed by atoms with Crippen molar-refractivity contribution in [3.8, 4) is 5.75 Å². The smallest absolute Gasteiger partial charge is 0.242 e. The van der Waals surface area contributed by atoms with Crippen LogP contribution in [0.15, 0.2) is 46.9 Å². The van der Waals surface area contributed by atoms with E-state index in [1.807, 2.05) is 23.1 Å². The van der Waals surface area contributed by atoms with Crippen molar-refractivity contribution in [3.63, 3.8) is 0 Å². The molecule has 1 aliphatic heterocycles. The molecule has 144 valence electrons. The van der Waals surface area contributed by atoms with Crippen LogP contribution in [0, 0.1) is 5.82 Å². The molecule has 1 saturated heterocycles. The summed E-state index contributed by atoms with van der Waals surface area (Å²) >= 11 is 3.44. The van der Waals surface area contributed by atoms with Gasteiger partial charge in [-0.25, -0.2) is 4.39 Å². The molecule has 1 heterocycles. The van der Waals surface area contributed by atoms with E-state index in [4.69, 9.17) is 9.47 Å². The standard InChI is InChI=1S/C20H22BrFN2O3/c1-26-18-7-6-14(12-16(18)21)13-23-20(25)19(24-8-10-27-11-9-24)15-4-2-3-5-17(15)22/h2-7,12,19H,8-11,13H2,1H3,(H,23,25). The molecule has 1 unspecified atom stereocenters. The van der Waals surface area contributed by atoms with Gasteiger partial charge in [-0.2, -0.15) is 0 Å². The summed E-state index contributed by atoms with van der Waals surface area (Å²) in [6.07, 6.45) is 0. The van der Waals surface area contributed by atoms with Gasteiger partial charge in [-0.15, -0.1) is 0 Å². The number of hydrogen-bond acceptors (Lipinski definition) is 4. The minimum Gasteiger partial charge on any atom is -0.496 e. The molecule has 2 aromatic carbocycles. The first-order valence-electron chi connectivity index (χ1n) is 8.76. The number of nitrogens with one attached hydrogen (secondary N) is 1. The van der Waals surface area contributed by atoms with Crippen LogP contribution in [0.25, 0.3) is 0 Å². The van der Waals surface area contributed by atoms with Gasteiger partial charge < -0.3 is 14.8 Å². The second-order valence-electron chi connectivity index (χ2n) is 6.26. The van der Waals surface area contributed by atoms with Gasteiger partial charge in [0.15, 0.2) is 0 Å². The Morgan fingerprint density at radius 3 is 2.70 bits per heavy atom. The van der Waals surface area contributed by atoms with E-state index in [1.165, 1.54) is 6.07 Å². The molecule has 1 N–H and O–H groups in total. The Labute approximate surface area is 166 Å². The average Bonchev–Trinajstić information content (AvgIpc) is 2.69. The van der Waals surface area contributed by atoms with Crippen molar-refractivity contribution < 1.29 is 18.7 Å². The predicted octanol–water partition coefficient (Wildman–Crippen LogP) is 3.29. The zero-order valence-electron chi connectivity index (χ0n) is 15.1. The molecular formula is C20H22BrFN2O3. The average molecular weight is 437 g/mol. The van der Waals surface area contributed by atoms with Gasteiger partial charge >= 0.3 is 0 Å². The van der Waals surface area contributed by atoms with Gasteiger partial charge in [0, 0.05) is 25.2 Å². The summed E-state index contributed by atoms with van der Waals surface area (Å²) < 4.78 is 25.8. The summed E-state index contributed by atoms with van der Waals surface area (Å²) in [6, 6.07) is 11.4. The van der Waals surface area contributed by atoms with Gasteiger partial charge in [0.2, 0.25) is 5.91 Å². The van der Waals surface area contributed by atoms with E-state index in [-0.39, 0.29) is 11.7 Å². The number of amides is 1. The largest absolute Gasteiger partial charge is 0.496 e. The van der Waals surface area contributed by atoms with Gasteiger partial charge in [-0.05, 0) is 39.7 Å². The number of ether oxygens (including phenoxy) is 2. The first kappa shape index (κ1) is 19.8. The third kappa shape index (κ3) is 4.86. The monoisotopic (exact) mass is 436 g/mol. The van der Waals surface area contributed by atoms with Gasteiger partial charge in [0.05, 0.1) is 24.8 Å². The van der Waals surface area contributed by atoms with Crippen molar-refractivity contribution in [2.24, 2.45) is 0 Å². The van der Waals surface area contributed by atoms with Gasteiger partial charge in [-0.1, -0.05) is 24.3 Å². The molecule has 0 saturated carbocycles. The number of carbonyl (C=O) groups is 1. The highest BCUT2D eigenvalue weighted by molar-refractivity contribution is 9.10. The molecule has 1 amide bonds. The first-order valence-corrected chi connectivity index (χ1v) is 9.56. The van der Waals surface area contributed by atoms with Crippen LogP contribution in [0.2, 0.25) is 0 Å². The van der Waals surface area contributed by atoms with E-state index >= 15 is 0 Å². The second kappa shape index (κ2) is 9.30. The van der Waals surface area contributed by atoms with Crippen LogP contribution in [0.3, 0.4) is 0 Å². The van der Waals surface area contributed by atoms with Crippen molar-refractivity contribution in [1.82, 2.24) is 10.2 Å². The van der Waals surface area contributed by atoms with E-state index in [0.29, 0.717) is 38.4 Å². The van der Waals surface area contributed by atoms with Crippen LogP contribution >= 0.6 is 15.9 Å². The lowest BCUT2D eigenvalue weighted by Gasteiger charge is -2.34. The maximum absolute atomic E-state index is 14.4. The molecule has 0 bridgehead atoms. The van der Waals surface area contributed by atoms with E-state index in [2.05, 4.69) is 21.2 Å². The van der Waals surface area contributed by atoms with E-state index < -0.39 is 6.04 Å². The summed E-state index contributed by atoms with van der Waals surface area (Å²) in [5, 5.41) is 2.94. The quantitative estimate of drug-likeness (QED) is 0.754. The lowest BCUT2D eigenvalue weighted by atomic mass is 10.0. The summed E-state index contributed by atoms with van der Waals surface area (Å²) in [7, 11) is 1.60. The molecule has 2 aromatic rings. The number of methoxy groups -OCH3 is 1. The molecule has 0 aromatic heterocycles. The molecular weight excluding hydrogens is 415 g/mol. The SMILES string of the molecule is COc1ccc(CNC(=O)C(c2ccccc2F)N2CCOCC2)cc1Br. The number of rotatable bonds is 6. The summed E-state index contributed by atoms with van der Waals surface area (Å²) in [5.41, 5.74) is 1.30. The van der Waals surface area contributed by atoms with E-state index in [9.17, 15) is 9.18 Å². The van der Waals surface area contributed by atoms with Crippen molar-refractivity contribution >= 4 is 21.8 Å². The van der Waals surface area contributed by atoms with Gasteiger partial charge in [0.25, 0.3) is 0 Å². The third-order valence-electron chi connectivity index (χ3n) is 4.54. The van der Waals surface area contributed by atoms with E-state index in [0.717, 1.165) is 15.8 Å². The second-order valence-corrected chi connectivity index (χ2v) is 7.11. The predicted molar refractivity (Wildman–Crippen MR) is 104 cm³/mol. The molecule has 5 nitrogen and oxygen atoms in total. The van der Waals surface area contributed by atoms with Crippen LogP contribution in [-0.4, -0.2) is 44.2 Å². The number of benzene rings is 2. The third-order valence-corrected chi connectivity index (χ3v) is 5.16. The highest BCUT2D eigenvalue weighted by atomic mass is 79.9. The Bertz CT molecular complexity index is 797. The Balaban J connectivity index is 1.76. The zero-order valence-corrected chi connectivity index (χ0v) is 16.7. The number of carbonyl (C=O) groups excluding carboxylic acids is 1. The molecule has 7 heteroatoms. The minimum atomic E-state index is -0.684. The maximum Gasteiger partial charge on any atom is 0.242 e. The van der Waals surface area contributed by atoms with Crippen molar-refractivity contribution in [2.75, 3.05) is 33.4 Å². The fourth-order valence-corrected chi connectivity index (χ4v) is 3.73. The number of hydrogen-bond donors (Lipinski definition) is 1. The summed E-state index contributed by atoms with van der Waals surface area (Å²) in [5.74, 6) is 0.118. The fourth-order valence-electron chi connectivity index (χ4n) is 3.14. The molecule has 1 fully saturated rings. The highest BCUT2D eigenvalue weighted by Gasteiger charge is 2.30. The minimum absolute atomic E-state index is 0.228. The number of halogens is 2. The van der Waals surface area contributed by atoms with Crippen LogP contribution in [0.1, 0.15) is 17.2 Å². The maximum atomic E-state index is 14.4. The summed E-state index contributed by atoms with van der Waals surface area (Å²) in [6.45, 7) is 2.57. The highest BCUT2D eigenvalue weighted by Crippen LogP contribution is 2.27. The van der Waals surface area contributed by atoms with Crippen LogP contribution in [-0.2, 0) is 16.1 Å². The molecule has 27 heavy (non-hydrogen) atoms. The lowest BCUT2D eigenvalue weighted by molar-refractivity contribution is -0.128. The molecule has 3 rings (SSSR count). The van der Waals surface area contributed by atoms with Crippen LogP contribution in [0.5, 0.6) is 5.75 Å². The van der Waals surface area contributed by atoms with Gasteiger partial charge in [0.1, 0.15) is 17.6 Å². The van der Waals surface area contributed by atoms with Crippen molar-refractivity contribution in [3.05, 3.63) is 63.9 Å². The Kier molecular flexibility index (Phi) is 6.82. The normalized spacial score (nSPS) is 16.0.